The first-order valence-electron chi connectivity index (χ1n) is 13.9. The number of ether oxygens (including phenoxy) is 1. The fraction of sp³-hybridized carbons (Fsp3) is 0.303. The van der Waals surface area contributed by atoms with Crippen LogP contribution in [0.25, 0.3) is 0 Å². The van der Waals surface area contributed by atoms with Crippen LogP contribution in [0.15, 0.2) is 60.7 Å². The topological polar surface area (TPSA) is 87.7 Å². The van der Waals surface area contributed by atoms with Crippen molar-refractivity contribution in [2.24, 2.45) is 0 Å². The molecule has 3 aliphatic heterocycles. The second kappa shape index (κ2) is 11.0. The quantitative estimate of drug-likeness (QED) is 0.381. The van der Waals surface area contributed by atoms with Crippen molar-refractivity contribution in [3.63, 3.8) is 0 Å². The van der Waals surface area contributed by atoms with Gasteiger partial charge in [-0.2, -0.15) is 0 Å². The standard InChI is InChI=1S/C33H29Cl2N3O4/c1-3-20-7-10-29(42-24-11-13-38(14-12-24)19(2)39)25(15-20)31-33(26-9-8-23(35)17-28(26)36-32(33)41)27(18-30(40)37-31)21-5-4-6-22(34)16-21/h1,4-10,15-17,24,27,31H,11-14,18H2,2H3,(H,36,41)(H,37,40)/t27-,31+,33?/m0/s1. The molecular formula is C33H29Cl2N3O4. The van der Waals surface area contributed by atoms with E-state index in [2.05, 4.69) is 16.6 Å². The van der Waals surface area contributed by atoms with Crippen LogP contribution in [0.1, 0.15) is 60.4 Å². The van der Waals surface area contributed by atoms with Crippen LogP contribution >= 0.6 is 23.2 Å². The van der Waals surface area contributed by atoms with Crippen LogP contribution in [0.4, 0.5) is 5.69 Å². The summed E-state index contributed by atoms with van der Waals surface area (Å²) in [5.74, 6) is 2.23. The summed E-state index contributed by atoms with van der Waals surface area (Å²) >= 11 is 12.8. The van der Waals surface area contributed by atoms with Crippen LogP contribution in [-0.2, 0) is 19.8 Å². The first kappa shape index (κ1) is 28.1. The Bertz CT molecular complexity index is 1640. The summed E-state index contributed by atoms with van der Waals surface area (Å²) in [5, 5.41) is 7.19. The molecule has 0 radical (unpaired) electrons. The van der Waals surface area contributed by atoms with Crippen LogP contribution in [0.5, 0.6) is 5.75 Å². The highest BCUT2D eigenvalue weighted by atomic mass is 35.5. The summed E-state index contributed by atoms with van der Waals surface area (Å²) in [6, 6.07) is 17.2. The molecule has 3 atom stereocenters. The van der Waals surface area contributed by atoms with Crippen molar-refractivity contribution in [2.45, 2.75) is 49.7 Å². The molecule has 6 rings (SSSR count). The Balaban J connectivity index is 1.52. The zero-order valence-corrected chi connectivity index (χ0v) is 24.5. The number of likely N-dealkylation sites (tertiary alicyclic amines) is 1. The van der Waals surface area contributed by atoms with Crippen LogP contribution in [0.2, 0.25) is 10.0 Å². The smallest absolute Gasteiger partial charge is 0.238 e. The van der Waals surface area contributed by atoms with Crippen molar-refractivity contribution in [1.82, 2.24) is 10.2 Å². The number of benzene rings is 3. The number of hydrogen-bond acceptors (Lipinski definition) is 4. The third-order valence-electron chi connectivity index (χ3n) is 8.67. The number of terminal acetylenes is 1. The van der Waals surface area contributed by atoms with Gasteiger partial charge in [0.05, 0.1) is 6.04 Å². The van der Waals surface area contributed by atoms with E-state index in [0.717, 1.165) is 11.1 Å². The average molecular weight is 603 g/mol. The van der Waals surface area contributed by atoms with E-state index in [0.29, 0.717) is 58.5 Å². The molecule has 0 saturated carbocycles. The lowest BCUT2D eigenvalue weighted by Gasteiger charge is -2.47. The van der Waals surface area contributed by atoms with E-state index in [-0.39, 0.29) is 30.2 Å². The number of piperidine rings is 2. The molecule has 2 fully saturated rings. The molecule has 7 nitrogen and oxygen atoms in total. The zero-order valence-electron chi connectivity index (χ0n) is 23.0. The molecule has 0 bridgehead atoms. The van der Waals surface area contributed by atoms with E-state index < -0.39 is 17.4 Å². The Morgan fingerprint density at radius 1 is 1.05 bits per heavy atom. The number of nitrogens with zero attached hydrogens (tertiary/aromatic N) is 1. The fourth-order valence-electron chi connectivity index (χ4n) is 6.71. The summed E-state index contributed by atoms with van der Waals surface area (Å²) in [5.41, 5.74) is 2.02. The molecular weight excluding hydrogens is 573 g/mol. The Kier molecular flexibility index (Phi) is 7.38. The van der Waals surface area contributed by atoms with E-state index in [1.165, 1.54) is 0 Å². The predicted molar refractivity (Wildman–Crippen MR) is 162 cm³/mol. The highest BCUT2D eigenvalue weighted by Crippen LogP contribution is 2.58. The molecule has 1 spiro atoms. The number of anilines is 1. The first-order chi connectivity index (χ1) is 20.2. The molecule has 1 unspecified atom stereocenters. The van der Waals surface area contributed by atoms with Crippen molar-refractivity contribution in [3.8, 4) is 18.1 Å². The molecule has 0 aliphatic carbocycles. The van der Waals surface area contributed by atoms with Gasteiger partial charge in [0.2, 0.25) is 17.7 Å². The zero-order chi connectivity index (χ0) is 29.6. The van der Waals surface area contributed by atoms with Gasteiger partial charge < -0.3 is 20.3 Å². The van der Waals surface area contributed by atoms with Gasteiger partial charge in [-0.25, -0.2) is 0 Å². The van der Waals surface area contributed by atoms with Gasteiger partial charge in [0, 0.05) is 72.1 Å². The van der Waals surface area contributed by atoms with Gasteiger partial charge in [-0.1, -0.05) is 47.3 Å². The molecule has 214 valence electrons. The molecule has 2 saturated heterocycles. The van der Waals surface area contributed by atoms with Crippen molar-refractivity contribution in [2.75, 3.05) is 18.4 Å². The minimum atomic E-state index is -1.26. The summed E-state index contributed by atoms with van der Waals surface area (Å²) < 4.78 is 6.58. The molecule has 2 N–H and O–H groups in total. The van der Waals surface area contributed by atoms with E-state index in [1.54, 1.807) is 42.2 Å². The Morgan fingerprint density at radius 2 is 1.81 bits per heavy atom. The number of carbonyl (C=O) groups excluding carboxylic acids is 3. The molecule has 9 heteroatoms. The van der Waals surface area contributed by atoms with E-state index in [1.807, 2.05) is 30.3 Å². The van der Waals surface area contributed by atoms with Gasteiger partial charge in [-0.05, 0) is 53.6 Å². The van der Waals surface area contributed by atoms with Gasteiger partial charge in [-0.3, -0.25) is 14.4 Å². The fourth-order valence-corrected chi connectivity index (χ4v) is 7.08. The largest absolute Gasteiger partial charge is 0.490 e. The monoisotopic (exact) mass is 601 g/mol. The van der Waals surface area contributed by atoms with Gasteiger partial charge >= 0.3 is 0 Å². The average Bonchev–Trinajstić information content (AvgIpc) is 3.25. The van der Waals surface area contributed by atoms with Crippen LogP contribution in [-0.4, -0.2) is 41.8 Å². The van der Waals surface area contributed by atoms with Crippen LogP contribution < -0.4 is 15.4 Å². The molecule has 3 heterocycles. The molecule has 0 aromatic heterocycles. The van der Waals surface area contributed by atoms with Gasteiger partial charge in [-0.15, -0.1) is 6.42 Å². The summed E-state index contributed by atoms with van der Waals surface area (Å²) in [4.78, 5) is 41.5. The second-order valence-electron chi connectivity index (χ2n) is 11.0. The molecule has 3 aliphatic rings. The minimum absolute atomic E-state index is 0.0393. The lowest BCUT2D eigenvalue weighted by Crippen LogP contribution is -2.57. The molecule has 3 aromatic rings. The van der Waals surface area contributed by atoms with Gasteiger partial charge in [0.15, 0.2) is 0 Å². The third kappa shape index (κ3) is 4.79. The first-order valence-corrected chi connectivity index (χ1v) is 14.6. The van der Waals surface area contributed by atoms with E-state index >= 15 is 0 Å². The number of halogens is 2. The van der Waals surface area contributed by atoms with Crippen molar-refractivity contribution >= 4 is 46.6 Å². The molecule has 42 heavy (non-hydrogen) atoms. The highest BCUT2D eigenvalue weighted by molar-refractivity contribution is 6.31. The van der Waals surface area contributed by atoms with Crippen LogP contribution in [0, 0.1) is 12.3 Å². The Labute approximate surface area is 254 Å². The van der Waals surface area contributed by atoms with Crippen LogP contribution in [0.3, 0.4) is 0 Å². The summed E-state index contributed by atoms with van der Waals surface area (Å²) in [6.45, 7) is 2.75. The van der Waals surface area contributed by atoms with Crippen molar-refractivity contribution in [3.05, 3.63) is 93.0 Å². The number of rotatable bonds is 4. The number of amides is 3. The summed E-state index contributed by atoms with van der Waals surface area (Å²) in [7, 11) is 0. The lowest BCUT2D eigenvalue weighted by molar-refractivity contribution is -0.132. The number of nitrogens with one attached hydrogen (secondary N) is 2. The van der Waals surface area contributed by atoms with E-state index in [4.69, 9.17) is 34.4 Å². The third-order valence-corrected chi connectivity index (χ3v) is 9.14. The van der Waals surface area contributed by atoms with Crippen molar-refractivity contribution < 1.29 is 19.1 Å². The maximum atomic E-state index is 14.4. The SMILES string of the molecule is C#Cc1ccc(OC2CCN(C(C)=O)CC2)c([C@H]2NC(=O)C[C@@H](c3cccc(Cl)c3)C23C(=O)Nc2cc(Cl)ccc23)c1. The van der Waals surface area contributed by atoms with Gasteiger partial charge in [0.1, 0.15) is 17.3 Å². The van der Waals surface area contributed by atoms with Gasteiger partial charge in [0.25, 0.3) is 0 Å². The minimum Gasteiger partial charge on any atom is -0.490 e. The normalized spacial score (nSPS) is 23.6. The molecule has 3 amide bonds. The van der Waals surface area contributed by atoms with E-state index in [9.17, 15) is 14.4 Å². The van der Waals surface area contributed by atoms with Crippen molar-refractivity contribution in [1.29, 1.82) is 0 Å². The second-order valence-corrected chi connectivity index (χ2v) is 11.9. The maximum Gasteiger partial charge on any atom is 0.238 e. The Morgan fingerprint density at radius 3 is 2.52 bits per heavy atom. The molecule has 3 aromatic carbocycles. The highest BCUT2D eigenvalue weighted by Gasteiger charge is 2.61. The maximum absolute atomic E-state index is 14.4. The number of fused-ring (bicyclic) bond motifs is 2. The summed E-state index contributed by atoms with van der Waals surface area (Å²) in [6.07, 6.45) is 7.06. The number of carbonyl (C=O) groups is 3. The lowest BCUT2D eigenvalue weighted by atomic mass is 9.59. The Hall–Kier alpha value is -3.99. The number of hydrogen-bond donors (Lipinski definition) is 2. The predicted octanol–water partition coefficient (Wildman–Crippen LogP) is 5.60.